The van der Waals surface area contributed by atoms with E-state index in [-0.39, 0.29) is 5.41 Å². The number of hydrogen-bond acceptors (Lipinski definition) is 24. The summed E-state index contributed by atoms with van der Waals surface area (Å²) >= 11 is 0. The molecule has 0 heterocycles. The molecule has 91 heavy (non-hydrogen) atoms. The average molecular weight is 1310 g/mol. The molecule has 0 radical (unpaired) electrons. The van der Waals surface area contributed by atoms with E-state index in [0.717, 1.165) is 25.7 Å². The first kappa shape index (κ1) is 82.7. The second-order valence-electron chi connectivity index (χ2n) is 20.8. The lowest BCUT2D eigenvalue weighted by molar-refractivity contribution is -0.0281. The van der Waals surface area contributed by atoms with Crippen molar-refractivity contribution in [1.82, 2.24) is 0 Å². The highest BCUT2D eigenvalue weighted by atomic mass is 16.6. The maximum Gasteiger partial charge on any atom is 0.0701 e. The lowest BCUT2D eigenvalue weighted by Gasteiger charge is -2.33. The molecule has 2 aromatic carbocycles. The van der Waals surface area contributed by atoms with Crippen LogP contribution < -0.4 is 0 Å². The van der Waals surface area contributed by atoms with Crippen LogP contribution in [0.2, 0.25) is 0 Å². The van der Waals surface area contributed by atoms with Crippen molar-refractivity contribution in [3.63, 3.8) is 0 Å². The van der Waals surface area contributed by atoms with E-state index >= 15 is 0 Å². The smallest absolute Gasteiger partial charge is 0.0701 e. The molecule has 2 aromatic rings. The van der Waals surface area contributed by atoms with Gasteiger partial charge >= 0.3 is 0 Å². The molecule has 0 atom stereocenters. The van der Waals surface area contributed by atoms with Crippen LogP contribution in [-0.2, 0) is 119 Å². The van der Waals surface area contributed by atoms with E-state index in [4.69, 9.17) is 114 Å². The number of ether oxygens (including phenoxy) is 24. The Morgan fingerprint density at radius 1 is 0.209 bits per heavy atom. The largest absolute Gasteiger partial charge is 0.382 e. The monoisotopic (exact) mass is 1310 g/mol. The van der Waals surface area contributed by atoms with Gasteiger partial charge < -0.3 is 114 Å². The van der Waals surface area contributed by atoms with E-state index in [0.29, 0.717) is 304 Å². The number of benzene rings is 2. The number of hydrogen-bond donors (Lipinski definition) is 0. The summed E-state index contributed by atoms with van der Waals surface area (Å²) in [4.78, 5) is 0. The van der Waals surface area contributed by atoms with Crippen LogP contribution in [0.3, 0.4) is 0 Å². The third-order valence-corrected chi connectivity index (χ3v) is 13.8. The molecular weight excluding hydrogens is 1190 g/mol. The maximum absolute atomic E-state index is 6.11. The Kier molecular flexibility index (Phi) is 57.7. The summed E-state index contributed by atoms with van der Waals surface area (Å²) in [6.45, 7) is 28.3. The molecule has 1 aliphatic rings. The van der Waals surface area contributed by atoms with Gasteiger partial charge in [-0.15, -0.1) is 0 Å². The highest BCUT2D eigenvalue weighted by Crippen LogP contribution is 2.54. The molecular formula is C67H118O24. The van der Waals surface area contributed by atoms with Crippen molar-refractivity contribution >= 4 is 0 Å². The zero-order valence-corrected chi connectivity index (χ0v) is 56.1. The first-order chi connectivity index (χ1) is 45.1. The van der Waals surface area contributed by atoms with Crippen molar-refractivity contribution in [2.45, 2.75) is 44.9 Å². The van der Waals surface area contributed by atoms with Crippen molar-refractivity contribution < 1.29 is 114 Å². The van der Waals surface area contributed by atoms with Gasteiger partial charge in [-0.25, -0.2) is 0 Å². The topological polar surface area (TPSA) is 222 Å². The predicted octanol–water partition coefficient (Wildman–Crippen LogP) is 5.79. The SMILES string of the molecule is COCCOCCOCCOCCOCCOCCOCCOCCOCCOCCOCCOCCCC1(CCCOCCOCCOCCOCCOCCOCCOCCOCCOCCOCCOCCOC)c2cc(C)ccc2-c2ccc(C)cc21. The second-order valence-corrected chi connectivity index (χ2v) is 20.8. The number of rotatable bonds is 74. The van der Waals surface area contributed by atoms with Crippen LogP contribution in [0.25, 0.3) is 11.1 Å². The quantitative estimate of drug-likeness (QED) is 0.0716. The minimum absolute atomic E-state index is 0.122. The van der Waals surface area contributed by atoms with Crippen molar-refractivity contribution in [2.75, 3.05) is 318 Å². The molecule has 0 spiro atoms. The van der Waals surface area contributed by atoms with Crippen LogP contribution in [-0.4, -0.2) is 318 Å². The number of methoxy groups -OCH3 is 2. The Morgan fingerprint density at radius 3 is 0.527 bits per heavy atom. The van der Waals surface area contributed by atoms with E-state index in [2.05, 4.69) is 50.2 Å². The molecule has 3 rings (SSSR count). The van der Waals surface area contributed by atoms with Crippen molar-refractivity contribution in [1.29, 1.82) is 0 Å². The van der Waals surface area contributed by atoms with Gasteiger partial charge in [0, 0.05) is 32.8 Å². The molecule has 0 unspecified atom stereocenters. The molecule has 24 nitrogen and oxygen atoms in total. The molecule has 24 heteroatoms. The molecule has 0 saturated carbocycles. The molecule has 0 aliphatic heterocycles. The Hall–Kier alpha value is -2.52. The van der Waals surface area contributed by atoms with Gasteiger partial charge in [-0.3, -0.25) is 0 Å². The Bertz CT molecular complexity index is 1730. The Morgan fingerprint density at radius 2 is 0.363 bits per heavy atom. The van der Waals surface area contributed by atoms with Crippen LogP contribution >= 0.6 is 0 Å². The summed E-state index contributed by atoms with van der Waals surface area (Å²) in [5, 5.41) is 0. The van der Waals surface area contributed by atoms with Crippen LogP contribution in [0.5, 0.6) is 0 Å². The first-order valence-corrected chi connectivity index (χ1v) is 33.0. The highest BCUT2D eigenvalue weighted by molar-refractivity contribution is 5.81. The number of fused-ring (bicyclic) bond motifs is 3. The minimum Gasteiger partial charge on any atom is -0.382 e. The summed E-state index contributed by atoms with van der Waals surface area (Å²) < 4.78 is 133. The van der Waals surface area contributed by atoms with Crippen LogP contribution in [0.4, 0.5) is 0 Å². The highest BCUT2D eigenvalue weighted by Gasteiger charge is 2.42. The van der Waals surface area contributed by atoms with Gasteiger partial charge in [0.2, 0.25) is 0 Å². The van der Waals surface area contributed by atoms with Gasteiger partial charge in [-0.05, 0) is 61.8 Å². The van der Waals surface area contributed by atoms with Gasteiger partial charge in [0.15, 0.2) is 0 Å². The molecule has 0 aromatic heterocycles. The van der Waals surface area contributed by atoms with Crippen molar-refractivity contribution in [2.24, 2.45) is 0 Å². The summed E-state index contributed by atoms with van der Waals surface area (Å²) in [5.41, 5.74) is 7.92. The van der Waals surface area contributed by atoms with Crippen LogP contribution in [0, 0.1) is 13.8 Å². The summed E-state index contributed by atoms with van der Waals surface area (Å²) in [7, 11) is 3.29. The molecule has 0 saturated heterocycles. The molecule has 530 valence electrons. The molecule has 0 fully saturated rings. The first-order valence-electron chi connectivity index (χ1n) is 33.0. The van der Waals surface area contributed by atoms with Gasteiger partial charge in [0.1, 0.15) is 0 Å². The van der Waals surface area contributed by atoms with E-state index in [9.17, 15) is 0 Å². The summed E-state index contributed by atoms with van der Waals surface area (Å²) in [6.07, 6.45) is 3.81. The average Bonchev–Trinajstić information content (AvgIpc) is 1.58. The fourth-order valence-electron chi connectivity index (χ4n) is 9.23. The van der Waals surface area contributed by atoms with Crippen LogP contribution in [0.1, 0.15) is 47.9 Å². The zero-order valence-electron chi connectivity index (χ0n) is 56.1. The predicted molar refractivity (Wildman–Crippen MR) is 342 cm³/mol. The lowest BCUT2D eigenvalue weighted by Crippen LogP contribution is -2.27. The van der Waals surface area contributed by atoms with Gasteiger partial charge in [-0.2, -0.15) is 0 Å². The van der Waals surface area contributed by atoms with Crippen molar-refractivity contribution in [3.05, 3.63) is 58.7 Å². The second kappa shape index (κ2) is 63.5. The molecule has 0 amide bonds. The van der Waals surface area contributed by atoms with Crippen molar-refractivity contribution in [3.8, 4) is 11.1 Å². The van der Waals surface area contributed by atoms with Gasteiger partial charge in [0.25, 0.3) is 0 Å². The normalized spacial score (nSPS) is 12.7. The summed E-state index contributed by atoms with van der Waals surface area (Å²) in [5.74, 6) is 0. The molecule has 0 bridgehead atoms. The van der Waals surface area contributed by atoms with E-state index in [1.165, 1.54) is 33.4 Å². The van der Waals surface area contributed by atoms with Gasteiger partial charge in [0.05, 0.1) is 291 Å². The Labute approximate surface area is 544 Å². The Balaban J connectivity index is 1.07. The van der Waals surface area contributed by atoms with E-state index < -0.39 is 0 Å². The van der Waals surface area contributed by atoms with Crippen LogP contribution in [0.15, 0.2) is 36.4 Å². The molecule has 0 N–H and O–H groups in total. The summed E-state index contributed by atoms with van der Waals surface area (Å²) in [6, 6.07) is 13.8. The minimum atomic E-state index is -0.122. The third kappa shape index (κ3) is 46.3. The maximum atomic E-state index is 6.11. The third-order valence-electron chi connectivity index (χ3n) is 13.8. The lowest BCUT2D eigenvalue weighted by atomic mass is 9.71. The van der Waals surface area contributed by atoms with E-state index in [1.807, 2.05) is 0 Å². The fourth-order valence-corrected chi connectivity index (χ4v) is 9.23. The van der Waals surface area contributed by atoms with Gasteiger partial charge in [-0.1, -0.05) is 47.5 Å². The fraction of sp³-hybridized carbons (Fsp3) is 0.821. The standard InChI is InChI=1S/C67H118O24/c1-61-7-9-63-64-10-8-62(2)60-66(64)67(65(63)59-61,11-5-13-70-19-21-74-27-29-78-35-37-82-43-45-86-51-53-90-57-55-88-49-47-84-41-39-80-33-31-76-25-23-72-17-15-68-3)12-6-14-71-20-22-75-28-30-79-36-38-83-44-46-87-52-54-91-58-56-89-50-48-85-42-40-81-34-32-77-26-24-73-18-16-69-4/h7-10,59-60H,5-6,11-58H2,1-4H3. The molecule has 1 aliphatic carbocycles. The zero-order chi connectivity index (χ0) is 64.5. The number of aryl methyl sites for hydroxylation is 2. The van der Waals surface area contributed by atoms with E-state index in [1.54, 1.807) is 14.2 Å².